The standard InChI is InChI=1S/CH5N3.2Al.3O/c2-1(3)4;;;;;/h(H5,2,3,4);;;;;/q;2*+3;3*-2. The fraction of sp³-hybridized carbons (Fsp3) is 0. The van der Waals surface area contributed by atoms with Gasteiger partial charge in [-0.3, -0.25) is 5.41 Å². The first-order valence-electron chi connectivity index (χ1n) is 0.827. The van der Waals surface area contributed by atoms with Crippen LogP contribution in [0.15, 0.2) is 0 Å². The fourth-order valence-electron chi connectivity index (χ4n) is 0. The number of nitrogens with two attached hydrogens (primary N) is 2. The molecule has 0 heterocycles. The molecule has 0 rings (SSSR count). The van der Waals surface area contributed by atoms with E-state index in [0.29, 0.717) is 0 Å². The predicted octanol–water partition coefficient (Wildman–Crippen LogP) is -2.28. The maximum atomic E-state index is 6.06. The molecule has 0 aromatic rings. The van der Waals surface area contributed by atoms with Crippen LogP contribution in [-0.4, -0.2) is 40.7 Å². The number of nitrogens with one attached hydrogen (secondary N) is 1. The van der Waals surface area contributed by atoms with Gasteiger partial charge in [-0.2, -0.15) is 0 Å². The third-order valence-corrected chi connectivity index (χ3v) is 0. The van der Waals surface area contributed by atoms with E-state index in [2.05, 4.69) is 11.5 Å². The normalized spacial score (nSPS) is 2.67. The molecule has 0 aliphatic carbocycles. The molecule has 5 N–H and O–H groups in total. The van der Waals surface area contributed by atoms with E-state index in [-0.39, 0.29) is 57.1 Å². The SMILES string of the molecule is N=C(N)N.[Al+3].[Al+3].[O-2].[O-2].[O-2]. The zero-order valence-electron chi connectivity index (χ0n) is 4.53. The molecule has 0 atom stereocenters. The summed E-state index contributed by atoms with van der Waals surface area (Å²) in [7, 11) is 0. The van der Waals surface area contributed by atoms with Crippen molar-refractivity contribution in [3.63, 3.8) is 0 Å². The number of guanidine groups is 1. The van der Waals surface area contributed by atoms with Gasteiger partial charge in [0, 0.05) is 0 Å². The van der Waals surface area contributed by atoms with Crippen molar-refractivity contribution in [3.8, 4) is 0 Å². The number of hydrogen-bond donors (Lipinski definition) is 3. The van der Waals surface area contributed by atoms with Crippen LogP contribution in [0.25, 0.3) is 0 Å². The average Bonchev–Trinajstić information content (AvgIpc) is 0.811. The molecular weight excluding hydrogens is 156 g/mol. The van der Waals surface area contributed by atoms with Crippen LogP contribution in [-0.2, 0) is 16.4 Å². The van der Waals surface area contributed by atoms with Crippen LogP contribution in [0.5, 0.6) is 0 Å². The van der Waals surface area contributed by atoms with Gasteiger partial charge in [0.15, 0.2) is 5.96 Å². The zero-order chi connectivity index (χ0) is 3.58. The molecule has 0 aliphatic rings. The maximum absolute atomic E-state index is 6.06. The van der Waals surface area contributed by atoms with Gasteiger partial charge in [0.05, 0.1) is 0 Å². The number of rotatable bonds is 0. The summed E-state index contributed by atoms with van der Waals surface area (Å²) < 4.78 is 0. The van der Waals surface area contributed by atoms with Gasteiger partial charge in [0.25, 0.3) is 0 Å². The minimum Gasteiger partial charge on any atom is -2.00 e. The van der Waals surface area contributed by atoms with Gasteiger partial charge < -0.3 is 27.9 Å². The first-order chi connectivity index (χ1) is 1.73. The molecule has 48 valence electrons. The molecule has 0 spiro atoms. The van der Waals surface area contributed by atoms with E-state index in [0.717, 1.165) is 0 Å². The van der Waals surface area contributed by atoms with E-state index in [1.807, 2.05) is 0 Å². The van der Waals surface area contributed by atoms with Gasteiger partial charge in [0.2, 0.25) is 0 Å². The van der Waals surface area contributed by atoms with Crippen LogP contribution in [0.4, 0.5) is 0 Å². The minimum atomic E-state index is -0.333. The molecule has 9 heavy (non-hydrogen) atoms. The third kappa shape index (κ3) is 6870. The van der Waals surface area contributed by atoms with Crippen molar-refractivity contribution in [1.82, 2.24) is 0 Å². The van der Waals surface area contributed by atoms with Crippen molar-refractivity contribution in [3.05, 3.63) is 0 Å². The average molecular weight is 161 g/mol. The molecule has 0 amide bonds. The minimum absolute atomic E-state index is 0. The van der Waals surface area contributed by atoms with Crippen molar-refractivity contribution < 1.29 is 16.4 Å². The van der Waals surface area contributed by atoms with E-state index in [1.54, 1.807) is 0 Å². The van der Waals surface area contributed by atoms with E-state index < -0.39 is 0 Å². The predicted molar refractivity (Wildman–Crippen MR) is 29.7 cm³/mol. The van der Waals surface area contributed by atoms with Gasteiger partial charge in [-0.05, 0) is 0 Å². The van der Waals surface area contributed by atoms with Crippen LogP contribution in [0.3, 0.4) is 0 Å². The number of hydrogen-bond acceptors (Lipinski definition) is 1. The molecule has 0 saturated carbocycles. The Morgan fingerprint density at radius 1 is 0.889 bits per heavy atom. The molecule has 0 aromatic carbocycles. The monoisotopic (exact) mass is 161 g/mol. The topological polar surface area (TPSA) is 161 Å². The summed E-state index contributed by atoms with van der Waals surface area (Å²) in [5.74, 6) is -0.333. The smallest absolute Gasteiger partial charge is 2.00 e. The Kier molecular flexibility index (Phi) is 277. The first kappa shape index (κ1) is 60.2. The quantitative estimate of drug-likeness (QED) is 0.207. The maximum Gasteiger partial charge on any atom is 3.00 e. The van der Waals surface area contributed by atoms with E-state index >= 15 is 0 Å². The molecule has 0 radical (unpaired) electrons. The van der Waals surface area contributed by atoms with Crippen molar-refractivity contribution in [2.24, 2.45) is 11.5 Å². The summed E-state index contributed by atoms with van der Waals surface area (Å²) in [4.78, 5) is 0. The third-order valence-electron chi connectivity index (χ3n) is 0. The van der Waals surface area contributed by atoms with Gasteiger partial charge in [-0.1, -0.05) is 0 Å². The Bertz CT molecular complexity index is 40.0. The molecule has 0 aliphatic heterocycles. The molecule has 0 aromatic heterocycles. The van der Waals surface area contributed by atoms with E-state index in [1.165, 1.54) is 0 Å². The summed E-state index contributed by atoms with van der Waals surface area (Å²) in [6, 6.07) is 0. The Hall–Kier alpha value is 0.215. The molecular formula is CH5Al2N3O3. The van der Waals surface area contributed by atoms with Crippen molar-refractivity contribution in [2.75, 3.05) is 0 Å². The van der Waals surface area contributed by atoms with Crippen LogP contribution in [0, 0.1) is 5.41 Å². The molecule has 0 fully saturated rings. The van der Waals surface area contributed by atoms with Crippen molar-refractivity contribution >= 4 is 40.7 Å². The second kappa shape index (κ2) is 41.4. The Balaban J connectivity index is -0.00000000450. The van der Waals surface area contributed by atoms with E-state index in [4.69, 9.17) is 5.41 Å². The summed E-state index contributed by atoms with van der Waals surface area (Å²) in [5, 5.41) is 6.06. The van der Waals surface area contributed by atoms with Gasteiger partial charge >= 0.3 is 34.7 Å². The molecule has 0 bridgehead atoms. The van der Waals surface area contributed by atoms with Crippen molar-refractivity contribution in [1.29, 1.82) is 5.41 Å². The summed E-state index contributed by atoms with van der Waals surface area (Å²) in [6.45, 7) is 0. The van der Waals surface area contributed by atoms with Crippen molar-refractivity contribution in [2.45, 2.75) is 0 Å². The van der Waals surface area contributed by atoms with Crippen LogP contribution in [0.1, 0.15) is 0 Å². The fourth-order valence-corrected chi connectivity index (χ4v) is 0. The van der Waals surface area contributed by atoms with E-state index in [9.17, 15) is 0 Å². The summed E-state index contributed by atoms with van der Waals surface area (Å²) in [5.41, 5.74) is 8.94. The van der Waals surface area contributed by atoms with Gasteiger partial charge in [-0.15, -0.1) is 0 Å². The largest absolute Gasteiger partial charge is 3.00 e. The molecule has 6 nitrogen and oxygen atoms in total. The second-order valence-electron chi connectivity index (χ2n) is 0.455. The zero-order valence-corrected chi connectivity index (χ0v) is 6.84. The van der Waals surface area contributed by atoms with Gasteiger partial charge in [0.1, 0.15) is 0 Å². The van der Waals surface area contributed by atoms with Crippen LogP contribution < -0.4 is 11.5 Å². The Morgan fingerprint density at radius 2 is 0.889 bits per heavy atom. The second-order valence-corrected chi connectivity index (χ2v) is 0.455. The summed E-state index contributed by atoms with van der Waals surface area (Å²) in [6.07, 6.45) is 0. The Morgan fingerprint density at radius 3 is 0.889 bits per heavy atom. The molecule has 0 saturated heterocycles. The summed E-state index contributed by atoms with van der Waals surface area (Å²) >= 11 is 0. The Labute approximate surface area is 74.3 Å². The van der Waals surface area contributed by atoms with Crippen LogP contribution >= 0.6 is 0 Å². The van der Waals surface area contributed by atoms with Gasteiger partial charge in [-0.25, -0.2) is 0 Å². The first-order valence-corrected chi connectivity index (χ1v) is 0.827. The van der Waals surface area contributed by atoms with Crippen LogP contribution in [0.2, 0.25) is 0 Å². The molecule has 8 heteroatoms. The molecule has 0 unspecified atom stereocenters.